The van der Waals surface area contributed by atoms with Crippen molar-refractivity contribution in [1.82, 2.24) is 0 Å². The topological polar surface area (TPSA) is 94.5 Å². The maximum absolute atomic E-state index is 11.8. The summed E-state index contributed by atoms with van der Waals surface area (Å²) < 4.78 is 20.9. The molecule has 2 unspecified atom stereocenters. The quantitative estimate of drug-likeness (QED) is 0.466. The molecule has 29 heavy (non-hydrogen) atoms. The Labute approximate surface area is 170 Å². The van der Waals surface area contributed by atoms with Crippen molar-refractivity contribution in [3.63, 3.8) is 0 Å². The van der Waals surface area contributed by atoms with Gasteiger partial charge < -0.3 is 29.2 Å². The van der Waals surface area contributed by atoms with Gasteiger partial charge in [0.1, 0.15) is 6.29 Å². The van der Waals surface area contributed by atoms with E-state index < -0.39 is 18.6 Å². The predicted molar refractivity (Wildman–Crippen MR) is 109 cm³/mol. The molecule has 0 saturated heterocycles. The average molecular weight is 402 g/mol. The first-order valence-corrected chi connectivity index (χ1v) is 8.92. The van der Waals surface area contributed by atoms with Gasteiger partial charge in [-0.25, -0.2) is 0 Å². The highest BCUT2D eigenvalue weighted by Gasteiger charge is 2.25. The monoisotopic (exact) mass is 402 g/mol. The molecule has 2 rings (SSSR count). The molecule has 0 radical (unpaired) electrons. The van der Waals surface area contributed by atoms with Crippen LogP contribution in [0.1, 0.15) is 17.2 Å². The van der Waals surface area contributed by atoms with Gasteiger partial charge in [-0.15, -0.1) is 0 Å². The van der Waals surface area contributed by atoms with Gasteiger partial charge in [-0.05, 0) is 41.5 Å². The third-order valence-electron chi connectivity index (χ3n) is 4.63. The highest BCUT2D eigenvalue weighted by molar-refractivity contribution is 5.83. The first kappa shape index (κ1) is 22.3. The lowest BCUT2D eigenvalue weighted by molar-refractivity contribution is -0.106. The van der Waals surface area contributed by atoms with Gasteiger partial charge in [-0.1, -0.05) is 12.1 Å². The Balaban J connectivity index is 2.39. The Morgan fingerprint density at radius 1 is 0.897 bits per heavy atom. The summed E-state index contributed by atoms with van der Waals surface area (Å²) in [4.78, 5) is 11.8. The van der Waals surface area contributed by atoms with Crippen LogP contribution in [-0.2, 0) is 4.79 Å². The van der Waals surface area contributed by atoms with Crippen LogP contribution in [0.2, 0.25) is 0 Å². The molecule has 7 nitrogen and oxygen atoms in total. The largest absolute Gasteiger partial charge is 0.493 e. The van der Waals surface area contributed by atoms with Crippen molar-refractivity contribution < 1.29 is 34.0 Å². The fraction of sp³-hybridized carbons (Fsp3) is 0.318. The van der Waals surface area contributed by atoms with E-state index in [1.807, 2.05) is 0 Å². The van der Waals surface area contributed by atoms with Gasteiger partial charge in [-0.2, -0.15) is 0 Å². The van der Waals surface area contributed by atoms with Crippen molar-refractivity contribution in [2.24, 2.45) is 5.92 Å². The Kier molecular flexibility index (Phi) is 8.06. The minimum Gasteiger partial charge on any atom is -0.493 e. The molecule has 156 valence electrons. The maximum Gasteiger partial charge on any atom is 0.161 e. The summed E-state index contributed by atoms with van der Waals surface area (Å²) in [5, 5.41) is 20.7. The van der Waals surface area contributed by atoms with Gasteiger partial charge in [-0.3, -0.25) is 4.79 Å². The first-order valence-electron chi connectivity index (χ1n) is 8.92. The van der Waals surface area contributed by atoms with Crippen LogP contribution in [-0.4, -0.2) is 51.5 Å². The predicted octanol–water partition coefficient (Wildman–Crippen LogP) is 2.65. The molecule has 0 aliphatic heterocycles. The standard InChI is InChI=1S/C22H26O7/c1-26-18-7-5-14(10-20(18)28-3)9-16(12-23)17(13-24)22(25)15-6-8-19(27-2)21(11-15)29-4/h5-12,17,22,24-25H,13H2,1-4H3/b16-9-. The van der Waals surface area contributed by atoms with Crippen molar-refractivity contribution in [3.05, 3.63) is 53.1 Å². The molecule has 0 aliphatic rings. The molecule has 0 heterocycles. The van der Waals surface area contributed by atoms with Crippen molar-refractivity contribution in [3.8, 4) is 23.0 Å². The minimum atomic E-state index is -1.13. The lowest BCUT2D eigenvalue weighted by Crippen LogP contribution is -2.20. The van der Waals surface area contributed by atoms with Crippen LogP contribution in [0.3, 0.4) is 0 Å². The number of ether oxygens (including phenoxy) is 4. The molecule has 0 fully saturated rings. The molecule has 2 aromatic carbocycles. The lowest BCUT2D eigenvalue weighted by atomic mass is 9.88. The van der Waals surface area contributed by atoms with E-state index in [0.29, 0.717) is 40.4 Å². The van der Waals surface area contributed by atoms with E-state index in [0.717, 1.165) is 0 Å². The van der Waals surface area contributed by atoms with Gasteiger partial charge in [0.05, 0.1) is 41.2 Å². The van der Waals surface area contributed by atoms with Crippen LogP contribution < -0.4 is 18.9 Å². The molecule has 2 atom stereocenters. The third-order valence-corrected chi connectivity index (χ3v) is 4.63. The van der Waals surface area contributed by atoms with E-state index in [1.54, 1.807) is 42.5 Å². The molecule has 0 bridgehead atoms. The van der Waals surface area contributed by atoms with Crippen molar-refractivity contribution >= 4 is 12.4 Å². The van der Waals surface area contributed by atoms with E-state index in [1.165, 1.54) is 28.4 Å². The van der Waals surface area contributed by atoms with Crippen LogP contribution in [0.15, 0.2) is 42.0 Å². The first-order chi connectivity index (χ1) is 14.0. The number of methoxy groups -OCH3 is 4. The average Bonchev–Trinajstić information content (AvgIpc) is 2.77. The number of carbonyl (C=O) groups is 1. The van der Waals surface area contributed by atoms with E-state index in [9.17, 15) is 15.0 Å². The molecule has 2 aromatic rings. The molecule has 2 N–H and O–H groups in total. The van der Waals surface area contributed by atoms with Crippen LogP contribution in [0.4, 0.5) is 0 Å². The fourth-order valence-corrected chi connectivity index (χ4v) is 3.02. The zero-order chi connectivity index (χ0) is 21.4. The number of aliphatic hydroxyl groups is 2. The minimum absolute atomic E-state index is 0.238. The molecule has 0 aliphatic carbocycles. The zero-order valence-corrected chi connectivity index (χ0v) is 16.9. The summed E-state index contributed by atoms with van der Waals surface area (Å²) in [5.74, 6) is 1.19. The van der Waals surface area contributed by atoms with Gasteiger partial charge in [0.25, 0.3) is 0 Å². The summed E-state index contributed by atoms with van der Waals surface area (Å²) in [5.41, 5.74) is 1.39. The molecule has 0 amide bonds. The molecular weight excluding hydrogens is 376 g/mol. The highest BCUT2D eigenvalue weighted by atomic mass is 16.5. The van der Waals surface area contributed by atoms with Crippen molar-refractivity contribution in [1.29, 1.82) is 0 Å². The van der Waals surface area contributed by atoms with Crippen LogP contribution >= 0.6 is 0 Å². The normalized spacial score (nSPS) is 13.4. The van der Waals surface area contributed by atoms with Crippen LogP contribution in [0.5, 0.6) is 23.0 Å². The SMILES string of the molecule is COc1ccc(/C=C(/C=O)C(CO)C(O)c2ccc(OC)c(OC)c2)cc1OC. The fourth-order valence-electron chi connectivity index (χ4n) is 3.02. The molecule has 7 heteroatoms. The van der Waals surface area contributed by atoms with Crippen molar-refractivity contribution in [2.75, 3.05) is 35.0 Å². The molecular formula is C22H26O7. The highest BCUT2D eigenvalue weighted by Crippen LogP contribution is 2.35. The number of hydrogen-bond donors (Lipinski definition) is 2. The number of benzene rings is 2. The summed E-state index contributed by atoms with van der Waals surface area (Å²) >= 11 is 0. The second-order valence-corrected chi connectivity index (χ2v) is 6.22. The van der Waals surface area contributed by atoms with Gasteiger partial charge in [0.15, 0.2) is 23.0 Å². The summed E-state index contributed by atoms with van der Waals surface area (Å²) in [6, 6.07) is 10.1. The van der Waals surface area contributed by atoms with Gasteiger partial charge in [0, 0.05) is 11.5 Å². The maximum atomic E-state index is 11.8. The van der Waals surface area contributed by atoms with Crippen molar-refractivity contribution in [2.45, 2.75) is 6.10 Å². The summed E-state index contributed by atoms with van der Waals surface area (Å²) in [6.07, 6.45) is 1.10. The zero-order valence-electron chi connectivity index (χ0n) is 16.9. The number of carbonyl (C=O) groups excluding carboxylic acids is 1. The molecule has 0 spiro atoms. The Morgan fingerprint density at radius 2 is 1.45 bits per heavy atom. The Hall–Kier alpha value is -3.03. The second kappa shape index (κ2) is 10.5. The Morgan fingerprint density at radius 3 is 1.97 bits per heavy atom. The van der Waals surface area contributed by atoms with Crippen LogP contribution in [0.25, 0.3) is 6.08 Å². The van der Waals surface area contributed by atoms with Gasteiger partial charge >= 0.3 is 0 Å². The number of aliphatic hydroxyl groups excluding tert-OH is 2. The van der Waals surface area contributed by atoms with E-state index in [2.05, 4.69) is 0 Å². The Bertz CT molecular complexity index is 860. The second-order valence-electron chi connectivity index (χ2n) is 6.22. The molecule has 0 saturated carbocycles. The third kappa shape index (κ3) is 5.07. The lowest BCUT2D eigenvalue weighted by Gasteiger charge is -2.22. The van der Waals surface area contributed by atoms with E-state index >= 15 is 0 Å². The summed E-state index contributed by atoms with van der Waals surface area (Å²) in [6.45, 7) is -0.423. The number of hydrogen-bond acceptors (Lipinski definition) is 7. The van der Waals surface area contributed by atoms with Gasteiger partial charge in [0.2, 0.25) is 0 Å². The summed E-state index contributed by atoms with van der Waals surface area (Å²) in [7, 11) is 6.06. The molecule has 0 aromatic heterocycles. The van der Waals surface area contributed by atoms with E-state index in [-0.39, 0.29) is 5.57 Å². The van der Waals surface area contributed by atoms with Crippen LogP contribution in [0, 0.1) is 5.92 Å². The van der Waals surface area contributed by atoms with E-state index in [4.69, 9.17) is 18.9 Å². The smallest absolute Gasteiger partial charge is 0.161 e. The number of rotatable bonds is 10. The number of aldehydes is 1.